The summed E-state index contributed by atoms with van der Waals surface area (Å²) >= 11 is 0. The molecule has 0 aliphatic heterocycles. The van der Waals surface area contributed by atoms with Gasteiger partial charge in [-0.05, 0) is 0 Å². The molecule has 0 fully saturated rings. The predicted molar refractivity (Wildman–Crippen MR) is 30.5 cm³/mol. The third-order valence-electron chi connectivity index (χ3n) is 0.818. The Bertz CT molecular complexity index is 206. The van der Waals surface area contributed by atoms with E-state index >= 15 is 0 Å². The van der Waals surface area contributed by atoms with E-state index in [0.717, 1.165) is 6.29 Å². The minimum Gasteiger partial charge on any atom is -0.381 e. The SMILES string of the molecule is Nc1cn(CC=O)nn1. The molecule has 5 nitrogen and oxygen atoms in total. The first-order valence-electron chi connectivity index (χ1n) is 2.42. The maximum Gasteiger partial charge on any atom is 0.165 e. The Morgan fingerprint density at radius 3 is 3.11 bits per heavy atom. The van der Waals surface area contributed by atoms with E-state index in [-0.39, 0.29) is 6.54 Å². The van der Waals surface area contributed by atoms with Crippen LogP contribution in [0.15, 0.2) is 6.20 Å². The van der Waals surface area contributed by atoms with Crippen LogP contribution in [0.4, 0.5) is 5.82 Å². The maximum absolute atomic E-state index is 9.85. The number of rotatable bonds is 2. The fourth-order valence-electron chi connectivity index (χ4n) is 0.479. The summed E-state index contributed by atoms with van der Waals surface area (Å²) in [6.45, 7) is 0.212. The van der Waals surface area contributed by atoms with Gasteiger partial charge in [0.05, 0.1) is 12.7 Å². The first-order chi connectivity index (χ1) is 4.33. The number of carbonyl (C=O) groups excluding carboxylic acids is 1. The van der Waals surface area contributed by atoms with Crippen molar-refractivity contribution >= 4 is 12.1 Å². The molecule has 1 aromatic rings. The highest BCUT2D eigenvalue weighted by Gasteiger charge is 1.91. The molecule has 0 aromatic carbocycles. The van der Waals surface area contributed by atoms with Crippen molar-refractivity contribution in [1.29, 1.82) is 0 Å². The molecule has 1 heterocycles. The molecule has 0 amide bonds. The van der Waals surface area contributed by atoms with Crippen LogP contribution in [0.3, 0.4) is 0 Å². The lowest BCUT2D eigenvalue weighted by Gasteiger charge is -1.84. The lowest BCUT2D eigenvalue weighted by Crippen LogP contribution is -1.98. The van der Waals surface area contributed by atoms with Gasteiger partial charge in [-0.1, -0.05) is 5.21 Å². The molecule has 0 saturated carbocycles. The van der Waals surface area contributed by atoms with Crippen molar-refractivity contribution in [2.45, 2.75) is 6.54 Å². The summed E-state index contributed by atoms with van der Waals surface area (Å²) in [7, 11) is 0. The van der Waals surface area contributed by atoms with Crippen molar-refractivity contribution in [3.05, 3.63) is 6.20 Å². The molecule has 0 saturated heterocycles. The molecule has 5 heteroatoms. The highest BCUT2D eigenvalue weighted by Crippen LogP contribution is 1.89. The Morgan fingerprint density at radius 2 is 2.67 bits per heavy atom. The monoisotopic (exact) mass is 126 g/mol. The Hall–Kier alpha value is -1.39. The van der Waals surface area contributed by atoms with Crippen LogP contribution in [0.5, 0.6) is 0 Å². The quantitative estimate of drug-likeness (QED) is 0.519. The van der Waals surface area contributed by atoms with Crippen LogP contribution >= 0.6 is 0 Å². The van der Waals surface area contributed by atoms with Gasteiger partial charge in [0.25, 0.3) is 0 Å². The number of aromatic nitrogens is 3. The lowest BCUT2D eigenvalue weighted by atomic mass is 10.7. The molecule has 0 bridgehead atoms. The predicted octanol–water partition coefficient (Wildman–Crippen LogP) is -0.941. The maximum atomic E-state index is 9.85. The highest BCUT2D eigenvalue weighted by molar-refractivity contribution is 5.49. The number of hydrogen-bond acceptors (Lipinski definition) is 4. The van der Waals surface area contributed by atoms with E-state index in [2.05, 4.69) is 10.3 Å². The Balaban J connectivity index is 2.72. The first kappa shape index (κ1) is 5.74. The van der Waals surface area contributed by atoms with Crippen molar-refractivity contribution in [1.82, 2.24) is 15.0 Å². The summed E-state index contributed by atoms with van der Waals surface area (Å²) in [5.74, 6) is 0.330. The third kappa shape index (κ3) is 1.25. The van der Waals surface area contributed by atoms with E-state index in [1.807, 2.05) is 0 Å². The minimum absolute atomic E-state index is 0.212. The number of nitrogen functional groups attached to an aromatic ring is 1. The first-order valence-corrected chi connectivity index (χ1v) is 2.42. The molecule has 48 valence electrons. The minimum atomic E-state index is 0.212. The molecule has 0 aliphatic rings. The molecule has 0 atom stereocenters. The molecule has 0 radical (unpaired) electrons. The smallest absolute Gasteiger partial charge is 0.165 e. The molecule has 0 spiro atoms. The molecule has 1 rings (SSSR count). The van der Waals surface area contributed by atoms with Gasteiger partial charge in [0.15, 0.2) is 5.82 Å². The fraction of sp³-hybridized carbons (Fsp3) is 0.250. The standard InChI is InChI=1S/C4H6N4O/c5-4-3-8(1-2-9)7-6-4/h2-3H,1,5H2. The Kier molecular flexibility index (Phi) is 1.44. The highest BCUT2D eigenvalue weighted by atomic mass is 16.1. The van der Waals surface area contributed by atoms with Crippen LogP contribution < -0.4 is 5.73 Å². The molecular weight excluding hydrogens is 120 g/mol. The van der Waals surface area contributed by atoms with Crippen molar-refractivity contribution in [2.24, 2.45) is 0 Å². The fourth-order valence-corrected chi connectivity index (χ4v) is 0.479. The number of anilines is 1. The van der Waals surface area contributed by atoms with Crippen LogP contribution in [0.1, 0.15) is 0 Å². The second-order valence-electron chi connectivity index (χ2n) is 1.53. The van der Waals surface area contributed by atoms with E-state index in [1.165, 1.54) is 10.9 Å². The molecule has 1 aromatic heterocycles. The number of hydrogen-bond donors (Lipinski definition) is 1. The van der Waals surface area contributed by atoms with Gasteiger partial charge in [0, 0.05) is 0 Å². The summed E-state index contributed by atoms with van der Waals surface area (Å²) < 4.78 is 1.36. The van der Waals surface area contributed by atoms with Crippen LogP contribution in [0.2, 0.25) is 0 Å². The average molecular weight is 126 g/mol. The molecule has 9 heavy (non-hydrogen) atoms. The van der Waals surface area contributed by atoms with Crippen molar-refractivity contribution < 1.29 is 4.79 Å². The van der Waals surface area contributed by atoms with E-state index in [0.29, 0.717) is 5.82 Å². The van der Waals surface area contributed by atoms with E-state index in [4.69, 9.17) is 5.73 Å². The van der Waals surface area contributed by atoms with Gasteiger partial charge in [-0.15, -0.1) is 5.10 Å². The molecule has 0 aliphatic carbocycles. The molecule has 2 N–H and O–H groups in total. The van der Waals surface area contributed by atoms with E-state index in [9.17, 15) is 4.79 Å². The summed E-state index contributed by atoms with van der Waals surface area (Å²) in [6.07, 6.45) is 2.22. The molecule has 0 unspecified atom stereocenters. The van der Waals surface area contributed by atoms with Gasteiger partial charge in [-0.25, -0.2) is 4.68 Å². The normalized spacial score (nSPS) is 9.33. The second-order valence-corrected chi connectivity index (χ2v) is 1.53. The third-order valence-corrected chi connectivity index (χ3v) is 0.818. The van der Waals surface area contributed by atoms with Gasteiger partial charge >= 0.3 is 0 Å². The van der Waals surface area contributed by atoms with E-state index < -0.39 is 0 Å². The zero-order valence-electron chi connectivity index (χ0n) is 4.69. The Labute approximate surface area is 51.5 Å². The topological polar surface area (TPSA) is 73.8 Å². The largest absolute Gasteiger partial charge is 0.381 e. The van der Waals surface area contributed by atoms with Gasteiger partial charge < -0.3 is 10.5 Å². The number of aldehydes is 1. The van der Waals surface area contributed by atoms with Gasteiger partial charge in [-0.3, -0.25) is 0 Å². The van der Waals surface area contributed by atoms with Crippen LogP contribution in [0.25, 0.3) is 0 Å². The van der Waals surface area contributed by atoms with Gasteiger partial charge in [0.2, 0.25) is 0 Å². The van der Waals surface area contributed by atoms with Crippen LogP contribution in [-0.2, 0) is 11.3 Å². The number of nitrogens with zero attached hydrogens (tertiary/aromatic N) is 3. The zero-order valence-corrected chi connectivity index (χ0v) is 4.69. The zero-order chi connectivity index (χ0) is 6.69. The van der Waals surface area contributed by atoms with Crippen molar-refractivity contribution in [2.75, 3.05) is 5.73 Å². The summed E-state index contributed by atoms with van der Waals surface area (Å²) in [4.78, 5) is 9.85. The summed E-state index contributed by atoms with van der Waals surface area (Å²) in [5.41, 5.74) is 5.20. The Morgan fingerprint density at radius 1 is 1.89 bits per heavy atom. The van der Waals surface area contributed by atoms with Crippen molar-refractivity contribution in [3.8, 4) is 0 Å². The van der Waals surface area contributed by atoms with Gasteiger partial charge in [0.1, 0.15) is 6.29 Å². The second kappa shape index (κ2) is 2.25. The van der Waals surface area contributed by atoms with E-state index in [1.54, 1.807) is 0 Å². The van der Waals surface area contributed by atoms with Crippen LogP contribution in [0, 0.1) is 0 Å². The summed E-state index contributed by atoms with van der Waals surface area (Å²) in [6, 6.07) is 0. The summed E-state index contributed by atoms with van der Waals surface area (Å²) in [5, 5.41) is 6.98. The average Bonchev–Trinajstić information content (AvgIpc) is 2.17. The van der Waals surface area contributed by atoms with Crippen LogP contribution in [-0.4, -0.2) is 21.3 Å². The lowest BCUT2D eigenvalue weighted by molar-refractivity contribution is -0.108. The number of nitrogens with two attached hydrogens (primary N) is 1. The van der Waals surface area contributed by atoms with Gasteiger partial charge in [-0.2, -0.15) is 0 Å². The van der Waals surface area contributed by atoms with Crippen molar-refractivity contribution in [3.63, 3.8) is 0 Å². The molecular formula is C4H6N4O. The number of carbonyl (C=O) groups is 1.